The lowest BCUT2D eigenvalue weighted by Gasteiger charge is -2.19. The minimum atomic E-state index is -4.53. The Morgan fingerprint density at radius 2 is 2.05 bits per heavy atom. The molecule has 7 heteroatoms. The van der Waals surface area contributed by atoms with Gasteiger partial charge in [0.15, 0.2) is 0 Å². The smallest absolute Gasteiger partial charge is 0.401 e. The normalized spacial score (nSPS) is 13.1. The first-order valence-electron chi connectivity index (χ1n) is 6.14. The van der Waals surface area contributed by atoms with Crippen molar-refractivity contribution >= 4 is 28.1 Å². The fourth-order valence-electron chi connectivity index (χ4n) is 1.84. The van der Waals surface area contributed by atoms with E-state index in [1.807, 2.05) is 18.2 Å². The number of fused-ring (bicyclic) bond motifs is 1. The summed E-state index contributed by atoms with van der Waals surface area (Å²) in [5.41, 5.74) is 6.40. The van der Waals surface area contributed by atoms with Gasteiger partial charge >= 0.3 is 6.18 Å². The van der Waals surface area contributed by atoms with E-state index in [9.17, 15) is 13.2 Å². The lowest BCUT2D eigenvalue weighted by molar-refractivity contribution is -0.161. The topological polar surface area (TPSA) is 48.1 Å². The van der Waals surface area contributed by atoms with Crippen LogP contribution in [0.15, 0.2) is 30.3 Å². The molecule has 0 saturated heterocycles. The second kappa shape index (κ2) is 5.85. The van der Waals surface area contributed by atoms with Crippen molar-refractivity contribution in [1.29, 1.82) is 0 Å². The minimum Gasteiger partial charge on any atom is -0.490 e. The highest BCUT2D eigenvalue weighted by Crippen LogP contribution is 2.29. The van der Waals surface area contributed by atoms with Crippen LogP contribution in [-0.4, -0.2) is 22.8 Å². The quantitative estimate of drug-likeness (QED) is 0.879. The highest BCUT2D eigenvalue weighted by Gasteiger charge is 2.42. The van der Waals surface area contributed by atoms with Crippen LogP contribution < -0.4 is 10.5 Å². The third kappa shape index (κ3) is 3.60. The second-order valence-corrected chi connectivity index (χ2v) is 5.06. The van der Waals surface area contributed by atoms with Crippen LogP contribution in [0.1, 0.15) is 5.69 Å². The summed E-state index contributed by atoms with van der Waals surface area (Å²) in [7, 11) is 0. The number of para-hydroxylation sites is 1. The van der Waals surface area contributed by atoms with Gasteiger partial charge in [0.05, 0.1) is 4.99 Å². The van der Waals surface area contributed by atoms with Gasteiger partial charge in [-0.1, -0.05) is 30.4 Å². The molecule has 0 spiro atoms. The van der Waals surface area contributed by atoms with Gasteiger partial charge < -0.3 is 10.5 Å². The molecule has 0 fully saturated rings. The molecule has 1 atom stereocenters. The number of benzene rings is 1. The van der Waals surface area contributed by atoms with E-state index in [4.69, 9.17) is 10.5 Å². The number of nitrogens with two attached hydrogens (primary N) is 1. The molecule has 0 radical (unpaired) electrons. The van der Waals surface area contributed by atoms with Crippen molar-refractivity contribution in [2.24, 2.45) is 11.7 Å². The Morgan fingerprint density at radius 1 is 1.33 bits per heavy atom. The van der Waals surface area contributed by atoms with Gasteiger partial charge in [-0.15, -0.1) is 0 Å². The summed E-state index contributed by atoms with van der Waals surface area (Å²) in [4.78, 5) is 3.66. The summed E-state index contributed by atoms with van der Waals surface area (Å²) in [5, 5.41) is 0.789. The molecule has 0 aliphatic carbocycles. The highest BCUT2D eigenvalue weighted by molar-refractivity contribution is 7.80. The van der Waals surface area contributed by atoms with Crippen molar-refractivity contribution in [2.75, 3.05) is 6.61 Å². The number of aryl methyl sites for hydroxylation is 1. The zero-order valence-electron chi connectivity index (χ0n) is 11.1. The van der Waals surface area contributed by atoms with Gasteiger partial charge in [0.25, 0.3) is 0 Å². The van der Waals surface area contributed by atoms with Gasteiger partial charge in [-0.3, -0.25) is 0 Å². The zero-order chi connectivity index (χ0) is 15.6. The van der Waals surface area contributed by atoms with Gasteiger partial charge in [-0.25, -0.2) is 4.98 Å². The summed E-state index contributed by atoms with van der Waals surface area (Å²) in [6, 6.07) is 8.72. The number of halogens is 3. The standard InChI is InChI=1S/C14H13F3N2OS/c1-8-5-6-9-3-2-4-11(12(9)19-8)20-7-10(13(18)21)14(15,16)17/h2-6,10H,7H2,1H3,(H2,18,21). The monoisotopic (exact) mass is 314 g/mol. The number of hydrogen-bond acceptors (Lipinski definition) is 3. The Morgan fingerprint density at radius 3 is 2.67 bits per heavy atom. The van der Waals surface area contributed by atoms with Crippen molar-refractivity contribution in [2.45, 2.75) is 13.1 Å². The molecule has 2 rings (SSSR count). The molecule has 2 aromatic rings. The van der Waals surface area contributed by atoms with Crippen LogP contribution in [0.5, 0.6) is 5.75 Å². The molecular formula is C14H13F3N2OS. The maximum absolute atomic E-state index is 12.8. The van der Waals surface area contributed by atoms with Crippen LogP contribution in [0.3, 0.4) is 0 Å². The molecule has 0 bridgehead atoms. The van der Waals surface area contributed by atoms with Crippen LogP contribution in [0.2, 0.25) is 0 Å². The first kappa shape index (κ1) is 15.5. The number of nitrogens with zero attached hydrogens (tertiary/aromatic N) is 1. The van der Waals surface area contributed by atoms with E-state index < -0.39 is 23.7 Å². The van der Waals surface area contributed by atoms with Gasteiger partial charge in [0.2, 0.25) is 0 Å². The van der Waals surface area contributed by atoms with Crippen LogP contribution in [0.25, 0.3) is 10.9 Å². The molecular weight excluding hydrogens is 301 g/mol. The molecule has 1 unspecified atom stereocenters. The summed E-state index contributed by atoms with van der Waals surface area (Å²) in [6.07, 6.45) is -4.53. The van der Waals surface area contributed by atoms with Crippen LogP contribution in [0, 0.1) is 12.8 Å². The zero-order valence-corrected chi connectivity index (χ0v) is 12.0. The van der Waals surface area contributed by atoms with E-state index in [1.165, 1.54) is 0 Å². The molecule has 0 amide bonds. The summed E-state index contributed by atoms with van der Waals surface area (Å²) in [5.74, 6) is -1.70. The number of ether oxygens (including phenoxy) is 1. The Hall–Kier alpha value is -1.89. The minimum absolute atomic E-state index is 0.279. The third-order valence-corrected chi connectivity index (χ3v) is 3.25. The Labute approximate surface area is 124 Å². The van der Waals surface area contributed by atoms with Crippen molar-refractivity contribution < 1.29 is 17.9 Å². The molecule has 1 aromatic heterocycles. The third-order valence-electron chi connectivity index (χ3n) is 2.97. The van der Waals surface area contributed by atoms with E-state index in [2.05, 4.69) is 17.2 Å². The first-order valence-corrected chi connectivity index (χ1v) is 6.55. The molecule has 0 aliphatic rings. The average molecular weight is 314 g/mol. The number of pyridine rings is 1. The molecule has 0 aliphatic heterocycles. The van der Waals surface area contributed by atoms with E-state index in [0.29, 0.717) is 5.52 Å². The summed E-state index contributed by atoms with van der Waals surface area (Å²) < 4.78 is 43.6. The molecule has 21 heavy (non-hydrogen) atoms. The van der Waals surface area contributed by atoms with Crippen LogP contribution in [0.4, 0.5) is 13.2 Å². The maximum Gasteiger partial charge on any atom is 0.401 e. The van der Waals surface area contributed by atoms with Crippen molar-refractivity contribution in [3.63, 3.8) is 0 Å². The molecule has 2 N–H and O–H groups in total. The number of aromatic nitrogens is 1. The SMILES string of the molecule is Cc1ccc2cccc(OCC(C(N)=S)C(F)(F)F)c2n1. The predicted octanol–water partition coefficient (Wildman–Crippen LogP) is 3.39. The number of hydrogen-bond donors (Lipinski definition) is 1. The van der Waals surface area contributed by atoms with E-state index in [-0.39, 0.29) is 5.75 Å². The van der Waals surface area contributed by atoms with Crippen molar-refractivity contribution in [3.8, 4) is 5.75 Å². The van der Waals surface area contributed by atoms with E-state index in [0.717, 1.165) is 11.1 Å². The van der Waals surface area contributed by atoms with Gasteiger partial charge in [-0.2, -0.15) is 13.2 Å². The van der Waals surface area contributed by atoms with Gasteiger partial charge in [0, 0.05) is 11.1 Å². The molecule has 0 saturated carbocycles. The number of rotatable bonds is 4. The van der Waals surface area contributed by atoms with Crippen LogP contribution in [-0.2, 0) is 0 Å². The fourth-order valence-corrected chi connectivity index (χ4v) is 2.05. The Bertz CT molecular complexity index is 673. The lowest BCUT2D eigenvalue weighted by Crippen LogP contribution is -2.38. The largest absolute Gasteiger partial charge is 0.490 e. The molecule has 1 heterocycles. The van der Waals surface area contributed by atoms with Crippen molar-refractivity contribution in [1.82, 2.24) is 4.98 Å². The molecule has 3 nitrogen and oxygen atoms in total. The Balaban J connectivity index is 2.28. The number of thiocarbonyl (C=S) groups is 1. The molecule has 112 valence electrons. The maximum atomic E-state index is 12.8. The van der Waals surface area contributed by atoms with Gasteiger partial charge in [-0.05, 0) is 19.1 Å². The second-order valence-electron chi connectivity index (χ2n) is 4.59. The van der Waals surface area contributed by atoms with E-state index in [1.54, 1.807) is 19.1 Å². The average Bonchev–Trinajstić information content (AvgIpc) is 2.37. The van der Waals surface area contributed by atoms with E-state index >= 15 is 0 Å². The van der Waals surface area contributed by atoms with Gasteiger partial charge in [0.1, 0.15) is 23.8 Å². The summed E-state index contributed by atoms with van der Waals surface area (Å²) >= 11 is 4.46. The van der Waals surface area contributed by atoms with Crippen molar-refractivity contribution in [3.05, 3.63) is 36.0 Å². The molecule has 1 aromatic carbocycles. The predicted molar refractivity (Wildman–Crippen MR) is 78.3 cm³/mol. The number of alkyl halides is 3. The van der Waals surface area contributed by atoms with Crippen LogP contribution >= 0.6 is 12.2 Å². The fraction of sp³-hybridized carbons (Fsp3) is 0.286. The highest BCUT2D eigenvalue weighted by atomic mass is 32.1. The Kier molecular flexibility index (Phi) is 4.32. The summed E-state index contributed by atoms with van der Waals surface area (Å²) in [6.45, 7) is 1.14. The lowest BCUT2D eigenvalue weighted by atomic mass is 10.1. The first-order chi connectivity index (χ1) is 9.79.